The van der Waals surface area contributed by atoms with Crippen LogP contribution in [0.15, 0.2) is 59.2 Å². The van der Waals surface area contributed by atoms with Gasteiger partial charge in [-0.15, -0.1) is 0 Å². The number of benzene rings is 2. The lowest BCUT2D eigenvalue weighted by atomic mass is 10.0. The van der Waals surface area contributed by atoms with Gasteiger partial charge in [0.15, 0.2) is 5.76 Å². The van der Waals surface area contributed by atoms with Crippen molar-refractivity contribution in [1.82, 2.24) is 0 Å². The number of carbonyl (C=O) groups is 2. The van der Waals surface area contributed by atoms with E-state index < -0.39 is 0 Å². The lowest BCUT2D eigenvalue weighted by Crippen LogP contribution is -2.14. The fourth-order valence-corrected chi connectivity index (χ4v) is 2.87. The second-order valence-electron chi connectivity index (χ2n) is 6.24. The van der Waals surface area contributed by atoms with Crippen molar-refractivity contribution in [2.24, 2.45) is 0 Å². The SMILES string of the molecule is Cc1cc(C)c(NC(=O)c2ccc(NC(=O)c3ccco3)cc2)c(C)c1. The van der Waals surface area contributed by atoms with Crippen LogP contribution in [-0.2, 0) is 0 Å². The first-order chi connectivity index (χ1) is 12.4. The molecule has 0 fully saturated rings. The van der Waals surface area contributed by atoms with Gasteiger partial charge >= 0.3 is 0 Å². The molecular formula is C21H20N2O3. The Morgan fingerprint density at radius 2 is 1.50 bits per heavy atom. The summed E-state index contributed by atoms with van der Waals surface area (Å²) in [5.41, 5.74) is 5.15. The topological polar surface area (TPSA) is 71.3 Å². The molecular weight excluding hydrogens is 328 g/mol. The molecule has 3 rings (SSSR count). The van der Waals surface area contributed by atoms with E-state index in [1.54, 1.807) is 36.4 Å². The molecule has 2 N–H and O–H groups in total. The first-order valence-electron chi connectivity index (χ1n) is 8.28. The molecule has 132 valence electrons. The zero-order valence-electron chi connectivity index (χ0n) is 14.9. The van der Waals surface area contributed by atoms with Crippen LogP contribution in [0.3, 0.4) is 0 Å². The fourth-order valence-electron chi connectivity index (χ4n) is 2.87. The highest BCUT2D eigenvalue weighted by Crippen LogP contribution is 2.23. The summed E-state index contributed by atoms with van der Waals surface area (Å²) in [4.78, 5) is 24.5. The molecule has 0 atom stereocenters. The van der Waals surface area contributed by atoms with Crippen LogP contribution in [-0.4, -0.2) is 11.8 Å². The number of hydrogen-bond acceptors (Lipinski definition) is 3. The average molecular weight is 348 g/mol. The first-order valence-corrected chi connectivity index (χ1v) is 8.28. The van der Waals surface area contributed by atoms with Gasteiger partial charge in [0, 0.05) is 16.9 Å². The summed E-state index contributed by atoms with van der Waals surface area (Å²) in [5, 5.41) is 5.68. The third-order valence-electron chi connectivity index (χ3n) is 4.07. The summed E-state index contributed by atoms with van der Waals surface area (Å²) >= 11 is 0. The largest absolute Gasteiger partial charge is 0.459 e. The number of rotatable bonds is 4. The highest BCUT2D eigenvalue weighted by molar-refractivity contribution is 6.06. The van der Waals surface area contributed by atoms with E-state index in [2.05, 4.69) is 10.6 Å². The molecule has 5 heteroatoms. The minimum atomic E-state index is -0.335. The maximum Gasteiger partial charge on any atom is 0.291 e. The Morgan fingerprint density at radius 3 is 2.08 bits per heavy atom. The molecule has 0 radical (unpaired) electrons. The van der Waals surface area contributed by atoms with Crippen LogP contribution in [0.2, 0.25) is 0 Å². The van der Waals surface area contributed by atoms with Gasteiger partial charge in [0.2, 0.25) is 0 Å². The van der Waals surface area contributed by atoms with Gasteiger partial charge in [-0.25, -0.2) is 0 Å². The molecule has 0 aliphatic heterocycles. The lowest BCUT2D eigenvalue weighted by molar-refractivity contribution is 0.0995. The Balaban J connectivity index is 1.70. The Morgan fingerprint density at radius 1 is 0.846 bits per heavy atom. The van der Waals surface area contributed by atoms with Crippen LogP contribution in [0.25, 0.3) is 0 Å². The normalized spacial score (nSPS) is 10.4. The van der Waals surface area contributed by atoms with E-state index in [0.29, 0.717) is 11.3 Å². The average Bonchev–Trinajstić information content (AvgIpc) is 3.13. The second-order valence-corrected chi connectivity index (χ2v) is 6.24. The molecule has 1 heterocycles. The van der Waals surface area contributed by atoms with Crippen LogP contribution in [0.1, 0.15) is 37.6 Å². The highest BCUT2D eigenvalue weighted by Gasteiger charge is 2.12. The highest BCUT2D eigenvalue weighted by atomic mass is 16.3. The molecule has 3 aromatic rings. The number of hydrogen-bond donors (Lipinski definition) is 2. The van der Waals surface area contributed by atoms with Crippen LogP contribution >= 0.6 is 0 Å². The van der Waals surface area contributed by atoms with Crippen molar-refractivity contribution in [2.45, 2.75) is 20.8 Å². The Bertz CT molecular complexity index is 919. The number of furan rings is 1. The van der Waals surface area contributed by atoms with Crippen molar-refractivity contribution < 1.29 is 14.0 Å². The summed E-state index contributed by atoms with van der Waals surface area (Å²) < 4.78 is 5.05. The number of carbonyl (C=O) groups excluding carboxylic acids is 2. The third kappa shape index (κ3) is 3.83. The van der Waals surface area contributed by atoms with E-state index in [0.717, 1.165) is 22.4 Å². The quantitative estimate of drug-likeness (QED) is 0.717. The van der Waals surface area contributed by atoms with Crippen LogP contribution < -0.4 is 10.6 Å². The van der Waals surface area contributed by atoms with Gasteiger partial charge in [-0.1, -0.05) is 17.7 Å². The molecule has 0 saturated heterocycles. The zero-order chi connectivity index (χ0) is 18.7. The van der Waals surface area contributed by atoms with Gasteiger partial charge in [-0.05, 0) is 68.3 Å². The summed E-state index contributed by atoms with van der Waals surface area (Å²) in [6.45, 7) is 5.98. The maximum absolute atomic E-state index is 12.5. The predicted molar refractivity (Wildman–Crippen MR) is 102 cm³/mol. The van der Waals surface area contributed by atoms with Gasteiger partial charge in [0.1, 0.15) is 0 Å². The van der Waals surface area contributed by atoms with Crippen LogP contribution in [0, 0.1) is 20.8 Å². The second kappa shape index (κ2) is 7.27. The number of aryl methyl sites for hydroxylation is 3. The van der Waals surface area contributed by atoms with E-state index >= 15 is 0 Å². The van der Waals surface area contributed by atoms with E-state index in [-0.39, 0.29) is 17.6 Å². The van der Waals surface area contributed by atoms with Crippen molar-refractivity contribution in [3.63, 3.8) is 0 Å². The summed E-state index contributed by atoms with van der Waals surface area (Å²) in [6, 6.07) is 14.0. The summed E-state index contributed by atoms with van der Waals surface area (Å²) in [5.74, 6) is -0.292. The lowest BCUT2D eigenvalue weighted by Gasteiger charge is -2.13. The van der Waals surface area contributed by atoms with Crippen molar-refractivity contribution in [1.29, 1.82) is 0 Å². The van der Waals surface area contributed by atoms with Crippen molar-refractivity contribution >= 4 is 23.2 Å². The molecule has 1 aromatic heterocycles. The maximum atomic E-state index is 12.5. The molecule has 26 heavy (non-hydrogen) atoms. The standard InChI is InChI=1S/C21H20N2O3/c1-13-11-14(2)19(15(3)12-13)23-20(24)16-6-8-17(9-7-16)22-21(25)18-5-4-10-26-18/h4-12H,1-3H3,(H,22,25)(H,23,24). The summed E-state index contributed by atoms with van der Waals surface area (Å²) in [6.07, 6.45) is 1.44. The van der Waals surface area contributed by atoms with Gasteiger partial charge in [0.05, 0.1) is 6.26 Å². The van der Waals surface area contributed by atoms with E-state index in [4.69, 9.17) is 4.42 Å². The molecule has 0 aliphatic rings. The summed E-state index contributed by atoms with van der Waals surface area (Å²) in [7, 11) is 0. The Hall–Kier alpha value is -3.34. The molecule has 0 aliphatic carbocycles. The molecule has 2 amide bonds. The van der Waals surface area contributed by atoms with Crippen molar-refractivity contribution in [3.8, 4) is 0 Å². The minimum Gasteiger partial charge on any atom is -0.459 e. The van der Waals surface area contributed by atoms with Crippen LogP contribution in [0.4, 0.5) is 11.4 Å². The monoisotopic (exact) mass is 348 g/mol. The molecule has 0 spiro atoms. The number of nitrogens with one attached hydrogen (secondary N) is 2. The van der Waals surface area contributed by atoms with Gasteiger partial charge in [0.25, 0.3) is 11.8 Å². The molecule has 0 bridgehead atoms. The number of amides is 2. The van der Waals surface area contributed by atoms with Crippen molar-refractivity contribution in [2.75, 3.05) is 10.6 Å². The predicted octanol–water partition coefficient (Wildman–Crippen LogP) is 4.71. The zero-order valence-corrected chi connectivity index (χ0v) is 14.9. The van der Waals surface area contributed by atoms with Gasteiger partial charge in [-0.2, -0.15) is 0 Å². The van der Waals surface area contributed by atoms with E-state index in [9.17, 15) is 9.59 Å². The minimum absolute atomic E-state index is 0.191. The smallest absolute Gasteiger partial charge is 0.291 e. The molecule has 0 saturated carbocycles. The molecule has 5 nitrogen and oxygen atoms in total. The third-order valence-corrected chi connectivity index (χ3v) is 4.07. The van der Waals surface area contributed by atoms with E-state index in [1.165, 1.54) is 6.26 Å². The fraction of sp³-hybridized carbons (Fsp3) is 0.143. The van der Waals surface area contributed by atoms with Gasteiger partial charge in [-0.3, -0.25) is 9.59 Å². The van der Waals surface area contributed by atoms with Crippen LogP contribution in [0.5, 0.6) is 0 Å². The Labute approximate surface area is 152 Å². The van der Waals surface area contributed by atoms with E-state index in [1.807, 2.05) is 32.9 Å². The van der Waals surface area contributed by atoms with Crippen molar-refractivity contribution in [3.05, 3.63) is 82.8 Å². The molecule has 2 aromatic carbocycles. The van der Waals surface area contributed by atoms with Gasteiger partial charge < -0.3 is 15.1 Å². The first kappa shape index (κ1) is 17.5. The Kier molecular flexibility index (Phi) is 4.89. The number of anilines is 2. The molecule has 0 unspecified atom stereocenters.